The van der Waals surface area contributed by atoms with Gasteiger partial charge < -0.3 is 19.3 Å². The fraction of sp³-hybridized carbons (Fsp3) is 0.882. The fourth-order valence-corrected chi connectivity index (χ4v) is 3.54. The van der Waals surface area contributed by atoms with Crippen molar-refractivity contribution in [3.63, 3.8) is 0 Å². The summed E-state index contributed by atoms with van der Waals surface area (Å²) in [4.78, 5) is 28.1. The van der Waals surface area contributed by atoms with Crippen LogP contribution in [0.25, 0.3) is 0 Å². The molecule has 6 heteroatoms. The van der Waals surface area contributed by atoms with Crippen molar-refractivity contribution in [1.82, 2.24) is 9.80 Å². The molecule has 1 saturated heterocycles. The number of morpholine rings is 1. The highest BCUT2D eigenvalue weighted by atomic mass is 16.5. The number of hydrogen-bond donors (Lipinski definition) is 0. The Morgan fingerprint density at radius 3 is 2.48 bits per heavy atom. The van der Waals surface area contributed by atoms with E-state index in [1.807, 2.05) is 18.9 Å². The minimum absolute atomic E-state index is 0.0331. The first-order chi connectivity index (χ1) is 10.9. The van der Waals surface area contributed by atoms with Gasteiger partial charge in [-0.05, 0) is 13.3 Å². The highest BCUT2D eigenvalue weighted by molar-refractivity contribution is 5.84. The van der Waals surface area contributed by atoms with Crippen molar-refractivity contribution in [3.8, 4) is 0 Å². The lowest BCUT2D eigenvalue weighted by Gasteiger charge is -2.54. The van der Waals surface area contributed by atoms with Gasteiger partial charge >= 0.3 is 0 Å². The van der Waals surface area contributed by atoms with E-state index in [0.717, 1.165) is 6.42 Å². The molecule has 1 heterocycles. The zero-order valence-electron chi connectivity index (χ0n) is 14.8. The molecule has 23 heavy (non-hydrogen) atoms. The van der Waals surface area contributed by atoms with E-state index < -0.39 is 0 Å². The summed E-state index contributed by atoms with van der Waals surface area (Å²) in [5, 5.41) is 0. The maximum Gasteiger partial charge on any atom is 0.223 e. The fourth-order valence-electron chi connectivity index (χ4n) is 3.54. The summed E-state index contributed by atoms with van der Waals surface area (Å²) < 4.78 is 11.0. The summed E-state index contributed by atoms with van der Waals surface area (Å²) in [7, 11) is 1.84. The third-order valence-electron chi connectivity index (χ3n) is 5.27. The smallest absolute Gasteiger partial charge is 0.223 e. The van der Waals surface area contributed by atoms with Crippen molar-refractivity contribution in [3.05, 3.63) is 0 Å². The quantitative estimate of drug-likeness (QED) is 0.738. The molecule has 1 aliphatic carbocycles. The molecule has 2 amide bonds. The molecular formula is C17H30N2O4. The van der Waals surface area contributed by atoms with E-state index in [-0.39, 0.29) is 42.2 Å². The van der Waals surface area contributed by atoms with E-state index in [0.29, 0.717) is 32.9 Å². The van der Waals surface area contributed by atoms with Gasteiger partial charge in [0, 0.05) is 51.0 Å². The monoisotopic (exact) mass is 326 g/mol. The van der Waals surface area contributed by atoms with E-state index in [1.165, 1.54) is 0 Å². The molecule has 0 aromatic heterocycles. The maximum atomic E-state index is 12.4. The van der Waals surface area contributed by atoms with Gasteiger partial charge in [0.2, 0.25) is 11.8 Å². The molecule has 2 aliphatic rings. The molecule has 0 aromatic carbocycles. The van der Waals surface area contributed by atoms with Crippen LogP contribution in [0.5, 0.6) is 0 Å². The summed E-state index contributed by atoms with van der Waals surface area (Å²) >= 11 is 0. The van der Waals surface area contributed by atoms with E-state index in [1.54, 1.807) is 4.90 Å². The van der Waals surface area contributed by atoms with Crippen molar-refractivity contribution < 1.29 is 19.1 Å². The number of rotatable bonds is 6. The largest absolute Gasteiger partial charge is 0.378 e. The van der Waals surface area contributed by atoms with Gasteiger partial charge in [0.15, 0.2) is 0 Å². The normalized spacial score (nSPS) is 26.5. The summed E-state index contributed by atoms with van der Waals surface area (Å²) in [5.41, 5.74) is -0.0331. The van der Waals surface area contributed by atoms with Gasteiger partial charge in [-0.25, -0.2) is 0 Å². The standard InChI is InChI=1S/C17H30N2O4/c1-5-23-14-12-13(17(14,2)3)18(4)15(20)6-7-16(21)19-8-10-22-11-9-19/h13-14H,5-12H2,1-4H3/t13-,14-/m0/s1. The van der Waals surface area contributed by atoms with Crippen LogP contribution in [-0.4, -0.2) is 73.7 Å². The van der Waals surface area contributed by atoms with Gasteiger partial charge in [-0.3, -0.25) is 9.59 Å². The minimum Gasteiger partial charge on any atom is -0.378 e. The van der Waals surface area contributed by atoms with Crippen LogP contribution in [0.1, 0.15) is 40.0 Å². The zero-order chi connectivity index (χ0) is 17.0. The Hall–Kier alpha value is -1.14. The third kappa shape index (κ3) is 4.04. The van der Waals surface area contributed by atoms with Gasteiger partial charge in [0.25, 0.3) is 0 Å². The van der Waals surface area contributed by atoms with E-state index in [2.05, 4.69) is 13.8 Å². The van der Waals surface area contributed by atoms with Gasteiger partial charge in [-0.15, -0.1) is 0 Å². The van der Waals surface area contributed by atoms with Crippen LogP contribution >= 0.6 is 0 Å². The first kappa shape index (κ1) is 18.2. The van der Waals surface area contributed by atoms with Crippen LogP contribution in [0.4, 0.5) is 0 Å². The average Bonchev–Trinajstić information content (AvgIpc) is 2.56. The Balaban J connectivity index is 1.78. The average molecular weight is 326 g/mol. The highest BCUT2D eigenvalue weighted by Crippen LogP contribution is 2.45. The molecule has 0 aromatic rings. The molecule has 0 bridgehead atoms. The molecule has 2 fully saturated rings. The first-order valence-corrected chi connectivity index (χ1v) is 8.60. The molecule has 0 N–H and O–H groups in total. The van der Waals surface area contributed by atoms with E-state index in [9.17, 15) is 9.59 Å². The molecule has 1 saturated carbocycles. The Bertz CT molecular complexity index is 432. The molecule has 0 spiro atoms. The Labute approximate surface area is 139 Å². The van der Waals surface area contributed by atoms with Crippen LogP contribution in [0, 0.1) is 5.41 Å². The summed E-state index contributed by atoms with van der Waals surface area (Å²) in [6.45, 7) is 9.43. The predicted octanol–water partition coefficient (Wildman–Crippen LogP) is 1.29. The summed E-state index contributed by atoms with van der Waals surface area (Å²) in [5.74, 6) is 0.0924. The SMILES string of the molecule is CCO[C@H]1C[C@H](N(C)C(=O)CCC(=O)N2CCOCC2)C1(C)C. The van der Waals surface area contributed by atoms with Crippen molar-refractivity contribution in [2.75, 3.05) is 40.0 Å². The highest BCUT2D eigenvalue weighted by Gasteiger charge is 2.51. The van der Waals surface area contributed by atoms with Crippen LogP contribution in [0.3, 0.4) is 0 Å². The third-order valence-corrected chi connectivity index (χ3v) is 5.27. The van der Waals surface area contributed by atoms with E-state index in [4.69, 9.17) is 9.47 Å². The van der Waals surface area contributed by atoms with Crippen molar-refractivity contribution >= 4 is 11.8 Å². The minimum atomic E-state index is -0.0331. The first-order valence-electron chi connectivity index (χ1n) is 8.60. The molecule has 2 rings (SSSR count). The van der Waals surface area contributed by atoms with E-state index >= 15 is 0 Å². The van der Waals surface area contributed by atoms with Crippen molar-refractivity contribution in [1.29, 1.82) is 0 Å². The second-order valence-electron chi connectivity index (χ2n) is 7.01. The molecule has 1 aliphatic heterocycles. The lowest BCUT2D eigenvalue weighted by molar-refractivity contribution is -0.164. The lowest BCUT2D eigenvalue weighted by atomic mass is 9.63. The molecule has 2 atom stereocenters. The second kappa shape index (κ2) is 7.62. The number of carbonyl (C=O) groups excluding carboxylic acids is 2. The molecule has 6 nitrogen and oxygen atoms in total. The van der Waals surface area contributed by atoms with Gasteiger partial charge in [0.05, 0.1) is 19.3 Å². The second-order valence-corrected chi connectivity index (χ2v) is 7.01. The number of hydrogen-bond acceptors (Lipinski definition) is 4. The van der Waals surface area contributed by atoms with Crippen LogP contribution in [-0.2, 0) is 19.1 Å². The van der Waals surface area contributed by atoms with Crippen molar-refractivity contribution in [2.24, 2.45) is 5.41 Å². The number of amides is 2. The molecule has 132 valence electrons. The number of nitrogens with zero attached hydrogens (tertiary/aromatic N) is 2. The molecule has 0 radical (unpaired) electrons. The Morgan fingerprint density at radius 2 is 1.91 bits per heavy atom. The Morgan fingerprint density at radius 1 is 1.26 bits per heavy atom. The maximum absolute atomic E-state index is 12.4. The van der Waals surface area contributed by atoms with Gasteiger partial charge in [-0.1, -0.05) is 13.8 Å². The van der Waals surface area contributed by atoms with Crippen molar-refractivity contribution in [2.45, 2.75) is 52.2 Å². The summed E-state index contributed by atoms with van der Waals surface area (Å²) in [6.07, 6.45) is 1.65. The van der Waals surface area contributed by atoms with Crippen LogP contribution in [0.15, 0.2) is 0 Å². The molecule has 0 unspecified atom stereocenters. The predicted molar refractivity (Wildman–Crippen MR) is 87.0 cm³/mol. The summed E-state index contributed by atoms with van der Waals surface area (Å²) in [6, 6.07) is 0.185. The van der Waals surface area contributed by atoms with Crippen LogP contribution in [0.2, 0.25) is 0 Å². The zero-order valence-corrected chi connectivity index (χ0v) is 14.8. The lowest BCUT2D eigenvalue weighted by Crippen LogP contribution is -2.62. The topological polar surface area (TPSA) is 59.1 Å². The number of ether oxygens (including phenoxy) is 2. The van der Waals surface area contributed by atoms with Gasteiger partial charge in [-0.2, -0.15) is 0 Å². The van der Waals surface area contributed by atoms with Gasteiger partial charge in [0.1, 0.15) is 0 Å². The number of carbonyl (C=O) groups is 2. The van der Waals surface area contributed by atoms with Crippen LogP contribution < -0.4 is 0 Å². The molecular weight excluding hydrogens is 296 g/mol. The Kier molecular flexibility index (Phi) is 6.03.